The van der Waals surface area contributed by atoms with Gasteiger partial charge in [-0.05, 0) is 62.5 Å². The van der Waals surface area contributed by atoms with Crippen LogP contribution in [-0.2, 0) is 18.5 Å². The van der Waals surface area contributed by atoms with E-state index in [0.717, 1.165) is 36.8 Å². The largest absolute Gasteiger partial charge is 0.390 e. The van der Waals surface area contributed by atoms with Crippen LogP contribution >= 0.6 is 0 Å². The van der Waals surface area contributed by atoms with Gasteiger partial charge in [0.15, 0.2) is 0 Å². The van der Waals surface area contributed by atoms with Crippen LogP contribution in [-0.4, -0.2) is 31.1 Å². The summed E-state index contributed by atoms with van der Waals surface area (Å²) in [7, 11) is 0. The van der Waals surface area contributed by atoms with Crippen LogP contribution in [0.5, 0.6) is 0 Å². The Bertz CT molecular complexity index is 870. The molecular weight excluding hydrogens is 340 g/mol. The van der Waals surface area contributed by atoms with E-state index in [0.29, 0.717) is 18.9 Å². The Morgan fingerprint density at radius 3 is 2.59 bits per heavy atom. The van der Waals surface area contributed by atoms with Crippen LogP contribution in [0.15, 0.2) is 23.0 Å². The van der Waals surface area contributed by atoms with E-state index in [2.05, 4.69) is 39.0 Å². The highest BCUT2D eigenvalue weighted by atomic mass is 16.3. The van der Waals surface area contributed by atoms with Gasteiger partial charge in [-0.3, -0.25) is 9.13 Å². The van der Waals surface area contributed by atoms with Crippen molar-refractivity contribution in [3.8, 4) is 0 Å². The molecule has 1 aliphatic heterocycles. The minimum absolute atomic E-state index is 0.0941. The third-order valence-corrected chi connectivity index (χ3v) is 6.32. The van der Waals surface area contributed by atoms with E-state index < -0.39 is 11.7 Å². The summed E-state index contributed by atoms with van der Waals surface area (Å²) >= 11 is 0. The number of rotatable bonds is 7. The van der Waals surface area contributed by atoms with Crippen molar-refractivity contribution in [2.75, 3.05) is 0 Å². The number of aryl methyl sites for hydroxylation is 2. The molecule has 0 amide bonds. The molecule has 1 aliphatic rings. The lowest BCUT2D eigenvalue weighted by Gasteiger charge is -2.30. The van der Waals surface area contributed by atoms with E-state index in [4.69, 9.17) is 0 Å². The molecule has 2 N–H and O–H groups in total. The van der Waals surface area contributed by atoms with Crippen LogP contribution in [0.3, 0.4) is 0 Å². The maximum Gasteiger partial charge on any atom is 0.329 e. The molecule has 5 heteroatoms. The van der Waals surface area contributed by atoms with E-state index in [1.807, 2.05) is 9.13 Å². The molecule has 150 valence electrons. The molecule has 2 aromatic rings. The fourth-order valence-corrected chi connectivity index (χ4v) is 4.16. The van der Waals surface area contributed by atoms with Gasteiger partial charge in [0.25, 0.3) is 0 Å². The number of benzene rings is 1. The molecule has 3 rings (SSSR count). The molecule has 1 aromatic carbocycles. The van der Waals surface area contributed by atoms with Crippen molar-refractivity contribution < 1.29 is 10.2 Å². The number of nitrogens with zero attached hydrogens (tertiary/aromatic N) is 2. The summed E-state index contributed by atoms with van der Waals surface area (Å²) in [6, 6.07) is 6.28. The molecular formula is C22H34N2O3. The van der Waals surface area contributed by atoms with Crippen molar-refractivity contribution in [3.05, 3.63) is 34.2 Å². The van der Waals surface area contributed by atoms with Gasteiger partial charge >= 0.3 is 5.69 Å². The van der Waals surface area contributed by atoms with Gasteiger partial charge < -0.3 is 10.2 Å². The molecule has 0 saturated heterocycles. The van der Waals surface area contributed by atoms with Gasteiger partial charge in [-0.1, -0.05) is 32.9 Å². The number of aliphatic hydroxyl groups is 2. The van der Waals surface area contributed by atoms with Crippen molar-refractivity contribution >= 4 is 11.0 Å². The SMILES string of the molecule is CC(CCC(O)C(C)(C)O)CCn1c(=O)n2c3c(cccc31)C(C)(C)CC2. The zero-order valence-corrected chi connectivity index (χ0v) is 17.3. The van der Waals surface area contributed by atoms with Crippen molar-refractivity contribution in [3.63, 3.8) is 0 Å². The van der Waals surface area contributed by atoms with Crippen LogP contribution in [0.2, 0.25) is 0 Å². The topological polar surface area (TPSA) is 67.4 Å². The number of para-hydroxylation sites is 1. The standard InChI is InChI=1S/C22H34N2O3/c1-15(9-10-18(25)22(4,5)27)11-13-23-17-8-6-7-16-19(17)24(20(23)26)14-12-21(16,2)3/h6-8,15,18,25,27H,9-14H2,1-5H3. The molecule has 0 fully saturated rings. The van der Waals surface area contributed by atoms with Crippen molar-refractivity contribution in [2.45, 2.75) is 90.5 Å². The lowest BCUT2D eigenvalue weighted by atomic mass is 9.79. The minimum Gasteiger partial charge on any atom is -0.390 e. The average molecular weight is 375 g/mol. The number of imidazole rings is 1. The number of hydrogen-bond donors (Lipinski definition) is 2. The van der Waals surface area contributed by atoms with Gasteiger partial charge in [0.1, 0.15) is 0 Å². The van der Waals surface area contributed by atoms with Crippen LogP contribution < -0.4 is 5.69 Å². The van der Waals surface area contributed by atoms with Gasteiger partial charge in [-0.15, -0.1) is 0 Å². The first kappa shape index (κ1) is 20.2. The molecule has 27 heavy (non-hydrogen) atoms. The molecule has 2 heterocycles. The minimum atomic E-state index is -1.07. The summed E-state index contributed by atoms with van der Waals surface area (Å²) in [5.74, 6) is 0.372. The van der Waals surface area contributed by atoms with Crippen LogP contribution in [0.1, 0.15) is 65.9 Å². The number of hydrogen-bond acceptors (Lipinski definition) is 3. The van der Waals surface area contributed by atoms with E-state index in [-0.39, 0.29) is 11.1 Å². The second-order valence-electron chi connectivity index (χ2n) is 9.53. The molecule has 2 atom stereocenters. The third-order valence-electron chi connectivity index (χ3n) is 6.32. The normalized spacial score (nSPS) is 18.6. The van der Waals surface area contributed by atoms with Gasteiger partial charge in [0.05, 0.1) is 22.7 Å². The molecule has 5 nitrogen and oxygen atoms in total. The van der Waals surface area contributed by atoms with Crippen LogP contribution in [0.4, 0.5) is 0 Å². The van der Waals surface area contributed by atoms with E-state index in [1.165, 1.54) is 5.56 Å². The Hall–Kier alpha value is -1.59. The highest BCUT2D eigenvalue weighted by Gasteiger charge is 2.31. The lowest BCUT2D eigenvalue weighted by molar-refractivity contribution is -0.0535. The van der Waals surface area contributed by atoms with Crippen molar-refractivity contribution in [2.24, 2.45) is 5.92 Å². The first-order valence-electron chi connectivity index (χ1n) is 10.2. The highest BCUT2D eigenvalue weighted by Crippen LogP contribution is 2.37. The molecule has 2 unspecified atom stereocenters. The lowest BCUT2D eigenvalue weighted by Crippen LogP contribution is -2.36. The van der Waals surface area contributed by atoms with Gasteiger partial charge in [0, 0.05) is 13.1 Å². The van der Waals surface area contributed by atoms with Gasteiger partial charge in [0.2, 0.25) is 0 Å². The summed E-state index contributed by atoms with van der Waals surface area (Å²) in [4.78, 5) is 13.0. The summed E-state index contributed by atoms with van der Waals surface area (Å²) in [6.45, 7) is 11.4. The third kappa shape index (κ3) is 3.85. The zero-order chi connectivity index (χ0) is 20.0. The van der Waals surface area contributed by atoms with Crippen LogP contribution in [0, 0.1) is 5.92 Å². The predicted octanol–water partition coefficient (Wildman–Crippen LogP) is 3.42. The summed E-state index contributed by atoms with van der Waals surface area (Å²) in [5, 5.41) is 19.9. The molecule has 0 saturated carbocycles. The van der Waals surface area contributed by atoms with Crippen molar-refractivity contribution in [1.29, 1.82) is 0 Å². The maximum absolute atomic E-state index is 13.0. The Kier molecular flexibility index (Phi) is 5.30. The molecule has 1 aromatic heterocycles. The Morgan fingerprint density at radius 1 is 1.22 bits per heavy atom. The fraction of sp³-hybridized carbons (Fsp3) is 0.682. The predicted molar refractivity (Wildman–Crippen MR) is 109 cm³/mol. The Balaban J connectivity index is 1.77. The van der Waals surface area contributed by atoms with E-state index in [9.17, 15) is 15.0 Å². The van der Waals surface area contributed by atoms with E-state index in [1.54, 1.807) is 13.8 Å². The van der Waals surface area contributed by atoms with Crippen LogP contribution in [0.25, 0.3) is 11.0 Å². The Labute approximate surface area is 161 Å². The highest BCUT2D eigenvalue weighted by molar-refractivity contribution is 5.81. The first-order chi connectivity index (χ1) is 12.5. The first-order valence-corrected chi connectivity index (χ1v) is 10.2. The Morgan fingerprint density at radius 2 is 1.93 bits per heavy atom. The average Bonchev–Trinajstić information content (AvgIpc) is 2.86. The smallest absolute Gasteiger partial charge is 0.329 e. The maximum atomic E-state index is 13.0. The summed E-state index contributed by atoms with van der Waals surface area (Å²) in [6.07, 6.45) is 2.54. The number of aliphatic hydroxyl groups excluding tert-OH is 1. The van der Waals surface area contributed by atoms with Gasteiger partial charge in [-0.25, -0.2) is 4.79 Å². The second kappa shape index (κ2) is 7.10. The zero-order valence-electron chi connectivity index (χ0n) is 17.3. The molecule has 0 radical (unpaired) electrons. The van der Waals surface area contributed by atoms with E-state index >= 15 is 0 Å². The quantitative estimate of drug-likeness (QED) is 0.780. The number of aromatic nitrogens is 2. The fourth-order valence-electron chi connectivity index (χ4n) is 4.16. The van der Waals surface area contributed by atoms with Gasteiger partial charge in [-0.2, -0.15) is 0 Å². The summed E-state index contributed by atoms with van der Waals surface area (Å²) in [5.41, 5.74) is 2.53. The molecule has 0 spiro atoms. The second-order valence-corrected chi connectivity index (χ2v) is 9.53. The molecule has 0 aliphatic carbocycles. The summed E-state index contributed by atoms with van der Waals surface area (Å²) < 4.78 is 3.86. The molecule has 0 bridgehead atoms. The monoisotopic (exact) mass is 374 g/mol. The van der Waals surface area contributed by atoms with Crippen molar-refractivity contribution in [1.82, 2.24) is 9.13 Å².